The molecule has 0 saturated carbocycles. The summed E-state index contributed by atoms with van der Waals surface area (Å²) < 4.78 is 5.76. The maximum Gasteiger partial charge on any atom is 0.191 e. The normalized spacial score (nSPS) is 10.6. The van der Waals surface area contributed by atoms with Crippen molar-refractivity contribution in [2.45, 2.75) is 6.61 Å². The van der Waals surface area contributed by atoms with E-state index in [1.807, 2.05) is 78.9 Å². The molecule has 0 aliphatic rings. The molecule has 0 aliphatic heterocycles. The summed E-state index contributed by atoms with van der Waals surface area (Å²) in [6, 6.07) is 24.9. The van der Waals surface area contributed by atoms with Crippen LogP contribution in [0.3, 0.4) is 0 Å². The minimum absolute atomic E-state index is 0.431. The second kappa shape index (κ2) is 9.71. The lowest BCUT2D eigenvalue weighted by Gasteiger charge is -2.07. The van der Waals surface area contributed by atoms with Crippen LogP contribution in [0.15, 0.2) is 84.0 Å². The molecule has 3 aromatic rings. The van der Waals surface area contributed by atoms with E-state index in [-0.39, 0.29) is 0 Å². The molecule has 4 nitrogen and oxygen atoms in total. The van der Waals surface area contributed by atoms with Crippen LogP contribution in [0.5, 0.6) is 5.75 Å². The highest BCUT2D eigenvalue weighted by Gasteiger charge is 1.98. The summed E-state index contributed by atoms with van der Waals surface area (Å²) in [5.74, 6) is 0.788. The number of hydrogen-bond acceptors (Lipinski definition) is 3. The van der Waals surface area contributed by atoms with E-state index in [2.05, 4.69) is 15.8 Å². The molecule has 0 spiro atoms. The Hall–Kier alpha value is -2.89. The smallest absolute Gasteiger partial charge is 0.191 e. The summed E-state index contributed by atoms with van der Waals surface area (Å²) in [6.45, 7) is 0.492. The molecule has 3 aromatic carbocycles. The molecule has 0 amide bonds. The number of nitrogens with zero attached hydrogens (tertiary/aromatic N) is 1. The number of para-hydroxylation sites is 1. The third-order valence-corrected chi connectivity index (χ3v) is 4.06. The van der Waals surface area contributed by atoms with Crippen LogP contribution >= 0.6 is 23.8 Å². The molecule has 0 aromatic heterocycles. The Labute approximate surface area is 168 Å². The maximum atomic E-state index is 5.88. The van der Waals surface area contributed by atoms with Gasteiger partial charge in [0.15, 0.2) is 5.11 Å². The molecule has 2 N–H and O–H groups in total. The monoisotopic (exact) mass is 395 g/mol. The summed E-state index contributed by atoms with van der Waals surface area (Å²) in [5, 5.41) is 8.34. The fourth-order valence-electron chi connectivity index (χ4n) is 2.24. The number of rotatable bonds is 6. The molecule has 0 unspecified atom stereocenters. The van der Waals surface area contributed by atoms with Crippen LogP contribution in [-0.2, 0) is 6.61 Å². The van der Waals surface area contributed by atoms with Crippen molar-refractivity contribution >= 4 is 40.8 Å². The first kappa shape index (κ1) is 18.9. The van der Waals surface area contributed by atoms with Crippen molar-refractivity contribution < 1.29 is 4.74 Å². The quantitative estimate of drug-likeness (QED) is 0.340. The third-order valence-electron chi connectivity index (χ3n) is 3.61. The van der Waals surface area contributed by atoms with Gasteiger partial charge in [-0.1, -0.05) is 41.9 Å². The van der Waals surface area contributed by atoms with E-state index < -0.39 is 0 Å². The number of anilines is 1. The van der Waals surface area contributed by atoms with Crippen molar-refractivity contribution in [3.63, 3.8) is 0 Å². The van der Waals surface area contributed by atoms with Crippen molar-refractivity contribution in [1.29, 1.82) is 0 Å². The number of nitrogens with one attached hydrogen (secondary N) is 2. The fourth-order valence-corrected chi connectivity index (χ4v) is 2.54. The summed E-state index contributed by atoms with van der Waals surface area (Å²) in [6.07, 6.45) is 1.70. The first-order chi connectivity index (χ1) is 13.2. The number of hydrogen-bond donors (Lipinski definition) is 2. The predicted molar refractivity (Wildman–Crippen MR) is 116 cm³/mol. The van der Waals surface area contributed by atoms with Crippen LogP contribution in [0, 0.1) is 0 Å². The van der Waals surface area contributed by atoms with Crippen LogP contribution < -0.4 is 15.5 Å². The highest BCUT2D eigenvalue weighted by atomic mass is 35.5. The average molecular weight is 396 g/mol. The highest BCUT2D eigenvalue weighted by molar-refractivity contribution is 7.80. The number of benzene rings is 3. The lowest BCUT2D eigenvalue weighted by molar-refractivity contribution is 0.306. The lowest BCUT2D eigenvalue weighted by Crippen LogP contribution is -2.23. The molecule has 0 atom stereocenters. The van der Waals surface area contributed by atoms with Gasteiger partial charge in [0.25, 0.3) is 0 Å². The zero-order chi connectivity index (χ0) is 18.9. The molecule has 0 aliphatic carbocycles. The van der Waals surface area contributed by atoms with Gasteiger partial charge in [-0.25, -0.2) is 0 Å². The Morgan fingerprint density at radius 1 is 0.963 bits per heavy atom. The van der Waals surface area contributed by atoms with E-state index in [0.717, 1.165) is 27.6 Å². The lowest BCUT2D eigenvalue weighted by atomic mass is 10.2. The van der Waals surface area contributed by atoms with Crippen LogP contribution in [0.2, 0.25) is 5.02 Å². The number of hydrazone groups is 1. The zero-order valence-corrected chi connectivity index (χ0v) is 16.0. The average Bonchev–Trinajstić information content (AvgIpc) is 2.69. The van der Waals surface area contributed by atoms with Crippen molar-refractivity contribution in [3.05, 3.63) is 95.0 Å². The summed E-state index contributed by atoms with van der Waals surface area (Å²) in [4.78, 5) is 0. The van der Waals surface area contributed by atoms with E-state index in [1.54, 1.807) is 6.21 Å². The SMILES string of the molecule is S=C(N/N=C\c1ccc(OCc2ccc(Cl)cc2)cc1)Nc1ccccc1. The van der Waals surface area contributed by atoms with Gasteiger partial charge in [0.05, 0.1) is 6.21 Å². The molecular weight excluding hydrogens is 378 g/mol. The minimum Gasteiger partial charge on any atom is -0.489 e. The largest absolute Gasteiger partial charge is 0.489 e. The molecule has 0 fully saturated rings. The first-order valence-electron chi connectivity index (χ1n) is 8.31. The van der Waals surface area contributed by atoms with Crippen molar-refractivity contribution in [2.75, 3.05) is 5.32 Å². The third kappa shape index (κ3) is 6.40. The van der Waals surface area contributed by atoms with Crippen molar-refractivity contribution in [2.24, 2.45) is 5.10 Å². The van der Waals surface area contributed by atoms with Crippen LogP contribution in [-0.4, -0.2) is 11.3 Å². The molecule has 3 rings (SSSR count). The highest BCUT2D eigenvalue weighted by Crippen LogP contribution is 2.15. The topological polar surface area (TPSA) is 45.7 Å². The van der Waals surface area contributed by atoms with Gasteiger partial charge < -0.3 is 10.1 Å². The van der Waals surface area contributed by atoms with Crippen LogP contribution in [0.4, 0.5) is 5.69 Å². The summed E-state index contributed by atoms with van der Waals surface area (Å²) in [7, 11) is 0. The maximum absolute atomic E-state index is 5.88. The molecular formula is C21H18ClN3OS. The van der Waals surface area contributed by atoms with Gasteiger partial charge in [0, 0.05) is 10.7 Å². The van der Waals surface area contributed by atoms with E-state index in [1.165, 1.54) is 0 Å². The Morgan fingerprint density at radius 2 is 1.67 bits per heavy atom. The standard InChI is InChI=1S/C21H18ClN3OS/c22-18-10-6-17(7-11-18)15-26-20-12-8-16(9-13-20)14-23-25-21(27)24-19-4-2-1-3-5-19/h1-14H,15H2,(H2,24,25,27)/b23-14-. The van der Waals surface area contributed by atoms with Crippen LogP contribution in [0.1, 0.15) is 11.1 Å². The van der Waals surface area contributed by atoms with E-state index in [0.29, 0.717) is 11.7 Å². The second-order valence-electron chi connectivity index (χ2n) is 5.67. The Kier molecular flexibility index (Phi) is 6.79. The molecule has 0 heterocycles. The second-order valence-corrected chi connectivity index (χ2v) is 6.52. The molecule has 0 radical (unpaired) electrons. The zero-order valence-electron chi connectivity index (χ0n) is 14.4. The Balaban J connectivity index is 1.46. The van der Waals surface area contributed by atoms with Gasteiger partial charge in [0.2, 0.25) is 0 Å². The van der Waals surface area contributed by atoms with Crippen molar-refractivity contribution in [3.8, 4) is 5.75 Å². The first-order valence-corrected chi connectivity index (χ1v) is 9.10. The van der Waals surface area contributed by atoms with Gasteiger partial charge in [-0.3, -0.25) is 5.43 Å². The number of halogens is 1. The Bertz CT molecular complexity index is 897. The van der Waals surface area contributed by atoms with Gasteiger partial charge >= 0.3 is 0 Å². The molecule has 0 saturated heterocycles. The predicted octanol–water partition coefficient (Wildman–Crippen LogP) is 5.24. The van der Waals surface area contributed by atoms with Gasteiger partial charge in [-0.05, 0) is 71.9 Å². The summed E-state index contributed by atoms with van der Waals surface area (Å²) >= 11 is 11.1. The van der Waals surface area contributed by atoms with Gasteiger partial charge in [-0.15, -0.1) is 0 Å². The van der Waals surface area contributed by atoms with Crippen LogP contribution in [0.25, 0.3) is 0 Å². The van der Waals surface area contributed by atoms with Gasteiger partial charge in [0.1, 0.15) is 12.4 Å². The fraction of sp³-hybridized carbons (Fsp3) is 0.0476. The number of ether oxygens (including phenoxy) is 1. The van der Waals surface area contributed by atoms with E-state index in [9.17, 15) is 0 Å². The van der Waals surface area contributed by atoms with E-state index >= 15 is 0 Å². The molecule has 0 bridgehead atoms. The Morgan fingerprint density at radius 3 is 2.37 bits per heavy atom. The van der Waals surface area contributed by atoms with Crippen molar-refractivity contribution in [1.82, 2.24) is 5.43 Å². The molecule has 136 valence electrons. The molecule has 6 heteroatoms. The minimum atomic E-state index is 0.431. The summed E-state index contributed by atoms with van der Waals surface area (Å²) in [5.41, 5.74) is 5.70. The van der Waals surface area contributed by atoms with Gasteiger partial charge in [-0.2, -0.15) is 5.10 Å². The molecule has 27 heavy (non-hydrogen) atoms. The van der Waals surface area contributed by atoms with E-state index in [4.69, 9.17) is 28.6 Å². The number of thiocarbonyl (C=S) groups is 1.